The van der Waals surface area contributed by atoms with Crippen LogP contribution >= 0.6 is 11.6 Å². The Balaban J connectivity index is 2.07. The summed E-state index contributed by atoms with van der Waals surface area (Å²) in [7, 11) is 0. The number of amides is 2. The van der Waals surface area contributed by atoms with Gasteiger partial charge in [-0.3, -0.25) is 14.5 Å². The molecule has 0 atom stereocenters. The first-order valence-electron chi connectivity index (χ1n) is 7.87. The van der Waals surface area contributed by atoms with Gasteiger partial charge in [0, 0.05) is 31.2 Å². The zero-order valence-corrected chi connectivity index (χ0v) is 14.5. The third kappa shape index (κ3) is 4.45. The predicted molar refractivity (Wildman–Crippen MR) is 91.3 cm³/mol. The predicted octanol–water partition coefficient (Wildman–Crippen LogP) is 1.64. The Morgan fingerprint density at radius 1 is 1.13 bits per heavy atom. The third-order valence-electron chi connectivity index (χ3n) is 4.36. The molecule has 0 spiro atoms. The van der Waals surface area contributed by atoms with Gasteiger partial charge in [-0.25, -0.2) is 0 Å². The molecule has 0 aromatic heterocycles. The summed E-state index contributed by atoms with van der Waals surface area (Å²) in [5.41, 5.74) is 5.60. The first-order chi connectivity index (χ1) is 10.8. The summed E-state index contributed by atoms with van der Waals surface area (Å²) in [6.07, 6.45) is 0.843. The molecule has 2 amide bonds. The van der Waals surface area contributed by atoms with Crippen LogP contribution in [-0.4, -0.2) is 54.3 Å². The number of benzene rings is 1. The lowest BCUT2D eigenvalue weighted by Crippen LogP contribution is -2.45. The summed E-state index contributed by atoms with van der Waals surface area (Å²) in [5.74, 6) is -0.230. The second kappa shape index (κ2) is 7.32. The lowest BCUT2D eigenvalue weighted by molar-refractivity contribution is -0.136. The minimum absolute atomic E-state index is 0.0979. The van der Waals surface area contributed by atoms with Crippen LogP contribution in [0.25, 0.3) is 0 Å². The maximum atomic E-state index is 13.0. The summed E-state index contributed by atoms with van der Waals surface area (Å²) in [6, 6.07) is 7.42. The van der Waals surface area contributed by atoms with Crippen molar-refractivity contribution in [2.24, 2.45) is 5.73 Å². The number of carbonyl (C=O) groups is 2. The van der Waals surface area contributed by atoms with Crippen molar-refractivity contribution in [2.45, 2.75) is 25.7 Å². The molecule has 1 aromatic carbocycles. The topological polar surface area (TPSA) is 66.6 Å². The average Bonchev–Trinajstić information content (AvgIpc) is 2.72. The lowest BCUT2D eigenvalue weighted by atomic mass is 9.83. The van der Waals surface area contributed by atoms with Crippen molar-refractivity contribution in [1.29, 1.82) is 0 Å². The summed E-state index contributed by atoms with van der Waals surface area (Å²) in [4.78, 5) is 27.9. The molecule has 0 aliphatic carbocycles. The van der Waals surface area contributed by atoms with Gasteiger partial charge in [0.1, 0.15) is 0 Å². The van der Waals surface area contributed by atoms with Crippen LogP contribution in [-0.2, 0) is 15.0 Å². The van der Waals surface area contributed by atoms with Gasteiger partial charge in [0.2, 0.25) is 11.8 Å². The zero-order valence-electron chi connectivity index (χ0n) is 13.7. The first kappa shape index (κ1) is 17.8. The molecule has 0 saturated carbocycles. The zero-order chi connectivity index (χ0) is 17.0. The van der Waals surface area contributed by atoms with E-state index in [0.29, 0.717) is 24.7 Å². The van der Waals surface area contributed by atoms with Crippen LogP contribution in [0.2, 0.25) is 5.02 Å². The molecule has 2 N–H and O–H groups in total. The Bertz CT molecular complexity index is 572. The highest BCUT2D eigenvalue weighted by atomic mass is 35.5. The van der Waals surface area contributed by atoms with Crippen LogP contribution in [0.5, 0.6) is 0 Å². The average molecular weight is 338 g/mol. The molecule has 1 heterocycles. The van der Waals surface area contributed by atoms with Gasteiger partial charge in [0.25, 0.3) is 0 Å². The number of carbonyl (C=O) groups excluding carboxylic acids is 2. The standard InChI is InChI=1S/C17H24ClN3O2/c1-17(2,13-4-6-14(18)7-5-13)16(23)21-9-3-8-20(10-11-21)12-15(19)22/h4-7H,3,8-12H2,1-2H3,(H2,19,22). The van der Waals surface area contributed by atoms with Crippen LogP contribution in [0.3, 0.4) is 0 Å². The molecular formula is C17H24ClN3O2. The van der Waals surface area contributed by atoms with Gasteiger partial charge >= 0.3 is 0 Å². The van der Waals surface area contributed by atoms with E-state index in [1.165, 1.54) is 0 Å². The second-order valence-corrected chi connectivity index (χ2v) is 6.96. The van der Waals surface area contributed by atoms with Gasteiger partial charge in [0.15, 0.2) is 0 Å². The molecule has 1 aromatic rings. The van der Waals surface area contributed by atoms with E-state index in [-0.39, 0.29) is 18.4 Å². The smallest absolute Gasteiger partial charge is 0.232 e. The fraction of sp³-hybridized carbons (Fsp3) is 0.529. The largest absolute Gasteiger partial charge is 0.369 e. The summed E-state index contributed by atoms with van der Waals surface area (Å²) in [5, 5.41) is 0.661. The fourth-order valence-corrected chi connectivity index (χ4v) is 3.06. The molecule has 1 saturated heterocycles. The number of primary amides is 1. The molecule has 5 nitrogen and oxygen atoms in total. The minimum atomic E-state index is -0.608. The van der Waals surface area contributed by atoms with Crippen molar-refractivity contribution < 1.29 is 9.59 Å². The van der Waals surface area contributed by atoms with E-state index in [1.807, 2.05) is 47.9 Å². The van der Waals surface area contributed by atoms with E-state index in [4.69, 9.17) is 17.3 Å². The van der Waals surface area contributed by atoms with Crippen molar-refractivity contribution in [2.75, 3.05) is 32.7 Å². The van der Waals surface area contributed by atoms with Gasteiger partial charge in [-0.2, -0.15) is 0 Å². The highest BCUT2D eigenvalue weighted by Gasteiger charge is 2.34. The maximum Gasteiger partial charge on any atom is 0.232 e. The van der Waals surface area contributed by atoms with Crippen LogP contribution < -0.4 is 5.73 Å². The number of halogens is 1. The maximum absolute atomic E-state index is 13.0. The molecule has 1 aliphatic heterocycles. The third-order valence-corrected chi connectivity index (χ3v) is 4.61. The summed E-state index contributed by atoms with van der Waals surface area (Å²) < 4.78 is 0. The Labute approximate surface area is 142 Å². The number of hydrogen-bond acceptors (Lipinski definition) is 3. The number of rotatable bonds is 4. The van der Waals surface area contributed by atoms with E-state index in [0.717, 1.165) is 18.5 Å². The highest BCUT2D eigenvalue weighted by Crippen LogP contribution is 2.27. The molecular weight excluding hydrogens is 314 g/mol. The van der Waals surface area contributed by atoms with Crippen LogP contribution in [0.1, 0.15) is 25.8 Å². The molecule has 6 heteroatoms. The van der Waals surface area contributed by atoms with Crippen LogP contribution in [0.15, 0.2) is 24.3 Å². The summed E-state index contributed by atoms with van der Waals surface area (Å²) >= 11 is 5.93. The van der Waals surface area contributed by atoms with Crippen LogP contribution in [0, 0.1) is 0 Å². The number of hydrogen-bond donors (Lipinski definition) is 1. The molecule has 0 bridgehead atoms. The molecule has 126 valence electrons. The van der Waals surface area contributed by atoms with Gasteiger partial charge in [0.05, 0.1) is 12.0 Å². The highest BCUT2D eigenvalue weighted by molar-refractivity contribution is 6.30. The van der Waals surface area contributed by atoms with Crippen molar-refractivity contribution in [3.8, 4) is 0 Å². The van der Waals surface area contributed by atoms with E-state index >= 15 is 0 Å². The fourth-order valence-electron chi connectivity index (χ4n) is 2.94. The summed E-state index contributed by atoms with van der Waals surface area (Å²) in [6.45, 7) is 6.89. The Morgan fingerprint density at radius 2 is 1.78 bits per heavy atom. The first-order valence-corrected chi connectivity index (χ1v) is 8.24. The molecule has 2 rings (SSSR count). The van der Waals surface area contributed by atoms with E-state index in [1.54, 1.807) is 0 Å². The SMILES string of the molecule is CC(C)(C(=O)N1CCCN(CC(N)=O)CC1)c1ccc(Cl)cc1. The Kier molecular flexibility index (Phi) is 5.65. The molecule has 23 heavy (non-hydrogen) atoms. The Hall–Kier alpha value is -1.59. The number of nitrogens with two attached hydrogens (primary N) is 1. The van der Waals surface area contributed by atoms with E-state index in [2.05, 4.69) is 0 Å². The van der Waals surface area contributed by atoms with Crippen molar-refractivity contribution in [3.05, 3.63) is 34.9 Å². The molecule has 0 radical (unpaired) electrons. The lowest BCUT2D eigenvalue weighted by Gasteiger charge is -2.31. The van der Waals surface area contributed by atoms with E-state index in [9.17, 15) is 9.59 Å². The van der Waals surface area contributed by atoms with Crippen molar-refractivity contribution in [1.82, 2.24) is 9.80 Å². The molecule has 1 aliphatic rings. The Morgan fingerprint density at radius 3 is 2.39 bits per heavy atom. The number of nitrogens with zero attached hydrogens (tertiary/aromatic N) is 2. The second-order valence-electron chi connectivity index (χ2n) is 6.52. The van der Waals surface area contributed by atoms with Crippen molar-refractivity contribution in [3.63, 3.8) is 0 Å². The van der Waals surface area contributed by atoms with Crippen LogP contribution in [0.4, 0.5) is 0 Å². The quantitative estimate of drug-likeness (QED) is 0.908. The normalized spacial score (nSPS) is 16.9. The minimum Gasteiger partial charge on any atom is -0.369 e. The van der Waals surface area contributed by atoms with Gasteiger partial charge in [-0.05, 0) is 38.0 Å². The van der Waals surface area contributed by atoms with E-state index < -0.39 is 5.41 Å². The van der Waals surface area contributed by atoms with Gasteiger partial charge < -0.3 is 10.6 Å². The monoisotopic (exact) mass is 337 g/mol. The van der Waals surface area contributed by atoms with Crippen molar-refractivity contribution >= 4 is 23.4 Å². The van der Waals surface area contributed by atoms with Gasteiger partial charge in [-0.1, -0.05) is 23.7 Å². The van der Waals surface area contributed by atoms with Gasteiger partial charge in [-0.15, -0.1) is 0 Å². The molecule has 1 fully saturated rings. The molecule has 0 unspecified atom stereocenters.